The molecule has 1 heterocycles. The van der Waals surface area contributed by atoms with E-state index in [0.29, 0.717) is 6.54 Å². The molecule has 5 nitrogen and oxygen atoms in total. The van der Waals surface area contributed by atoms with Crippen LogP contribution in [0.1, 0.15) is 32.9 Å². The van der Waals surface area contributed by atoms with Crippen molar-refractivity contribution in [3.63, 3.8) is 0 Å². The summed E-state index contributed by atoms with van der Waals surface area (Å²) in [6.45, 7) is 8.64. The lowest BCUT2D eigenvalue weighted by atomic mass is 9.89. The molecule has 21 heavy (non-hydrogen) atoms. The lowest BCUT2D eigenvalue weighted by Gasteiger charge is -2.26. The zero-order valence-electron chi connectivity index (χ0n) is 14.1. The number of aliphatic hydroxyl groups excluding tert-OH is 1. The van der Waals surface area contributed by atoms with E-state index in [2.05, 4.69) is 41.6 Å². The molecule has 1 aromatic rings. The van der Waals surface area contributed by atoms with Gasteiger partial charge in [0.25, 0.3) is 0 Å². The highest BCUT2D eigenvalue weighted by Crippen LogP contribution is 2.20. The first kappa shape index (κ1) is 17.6. The number of hydrogen-bond donors (Lipinski definition) is 2. The maximum atomic E-state index is 9.50. The number of aryl methyl sites for hydroxylation is 1. The predicted molar refractivity (Wildman–Crippen MR) is 88.3 cm³/mol. The van der Waals surface area contributed by atoms with E-state index < -0.39 is 0 Å². The topological polar surface area (TPSA) is 52.8 Å². The Labute approximate surface area is 128 Å². The molecule has 0 spiro atoms. The van der Waals surface area contributed by atoms with Crippen molar-refractivity contribution in [3.05, 3.63) is 24.0 Å². The number of nitrogens with zero attached hydrogens (tertiary/aromatic N) is 3. The van der Waals surface area contributed by atoms with Crippen molar-refractivity contribution >= 4 is 5.96 Å². The molecule has 0 saturated carbocycles. The van der Waals surface area contributed by atoms with E-state index in [0.717, 1.165) is 25.5 Å². The molecule has 0 aromatic carbocycles. The van der Waals surface area contributed by atoms with E-state index >= 15 is 0 Å². The monoisotopic (exact) mass is 294 g/mol. The fourth-order valence-electron chi connectivity index (χ4n) is 1.99. The van der Waals surface area contributed by atoms with E-state index in [1.807, 2.05) is 26.4 Å². The Morgan fingerprint density at radius 1 is 1.48 bits per heavy atom. The molecular formula is C16H30N4O. The molecule has 1 rings (SSSR count). The van der Waals surface area contributed by atoms with Crippen molar-refractivity contribution in [1.29, 1.82) is 0 Å². The van der Waals surface area contributed by atoms with E-state index in [1.165, 1.54) is 5.69 Å². The standard InChI is InChI=1S/C16H30N4O/c1-6-16(3,13-21)12-18-15(17-7-2)20(5)11-14-9-8-10-19(14)4/h8-10,21H,6-7,11-13H2,1-5H3,(H,17,18). The van der Waals surface area contributed by atoms with E-state index in [-0.39, 0.29) is 12.0 Å². The second-order valence-corrected chi connectivity index (χ2v) is 5.96. The SMILES string of the molecule is CCNC(=NCC(C)(CC)CO)N(C)Cc1cccn1C. The number of guanidine groups is 1. The number of aliphatic hydroxyl groups is 1. The maximum Gasteiger partial charge on any atom is 0.194 e. The number of aliphatic imine (C=N–C) groups is 1. The van der Waals surface area contributed by atoms with Crippen LogP contribution in [-0.4, -0.2) is 47.3 Å². The van der Waals surface area contributed by atoms with Crippen LogP contribution in [0.2, 0.25) is 0 Å². The summed E-state index contributed by atoms with van der Waals surface area (Å²) in [5.41, 5.74) is 1.09. The van der Waals surface area contributed by atoms with E-state index in [4.69, 9.17) is 4.99 Å². The van der Waals surface area contributed by atoms with Crippen LogP contribution < -0.4 is 5.32 Å². The van der Waals surface area contributed by atoms with Crippen LogP contribution in [0.5, 0.6) is 0 Å². The molecule has 0 fully saturated rings. The fraction of sp³-hybridized carbons (Fsp3) is 0.688. The van der Waals surface area contributed by atoms with Gasteiger partial charge in [-0.05, 0) is 25.5 Å². The molecule has 5 heteroatoms. The first-order valence-electron chi connectivity index (χ1n) is 7.66. The second-order valence-electron chi connectivity index (χ2n) is 5.96. The average molecular weight is 294 g/mol. The zero-order valence-corrected chi connectivity index (χ0v) is 14.1. The van der Waals surface area contributed by atoms with E-state index in [9.17, 15) is 5.11 Å². The maximum absolute atomic E-state index is 9.50. The molecule has 2 N–H and O–H groups in total. The van der Waals surface area contributed by atoms with Crippen molar-refractivity contribution in [2.45, 2.75) is 33.7 Å². The Morgan fingerprint density at radius 2 is 2.19 bits per heavy atom. The van der Waals surface area contributed by atoms with Gasteiger partial charge in [-0.25, -0.2) is 0 Å². The van der Waals surface area contributed by atoms with Crippen LogP contribution in [0.3, 0.4) is 0 Å². The van der Waals surface area contributed by atoms with Gasteiger partial charge in [0.15, 0.2) is 5.96 Å². The first-order chi connectivity index (χ1) is 9.95. The Morgan fingerprint density at radius 3 is 2.67 bits per heavy atom. The minimum absolute atomic E-state index is 0.146. The summed E-state index contributed by atoms with van der Waals surface area (Å²) in [7, 11) is 4.09. The lowest BCUT2D eigenvalue weighted by Crippen LogP contribution is -2.40. The van der Waals surface area contributed by atoms with Crippen LogP contribution in [0.25, 0.3) is 0 Å². The van der Waals surface area contributed by atoms with E-state index in [1.54, 1.807) is 0 Å². The molecule has 1 atom stereocenters. The Hall–Kier alpha value is -1.49. The van der Waals surface area contributed by atoms with Gasteiger partial charge in [-0.15, -0.1) is 0 Å². The molecule has 0 amide bonds. The normalized spacial score (nSPS) is 14.9. The third kappa shape index (κ3) is 5.08. The van der Waals surface area contributed by atoms with Crippen LogP contribution >= 0.6 is 0 Å². The highest BCUT2D eigenvalue weighted by Gasteiger charge is 2.21. The van der Waals surface area contributed by atoms with Crippen LogP contribution in [0.4, 0.5) is 0 Å². The van der Waals surface area contributed by atoms with Gasteiger partial charge in [0.2, 0.25) is 0 Å². The van der Waals surface area contributed by atoms with Crippen molar-refractivity contribution < 1.29 is 5.11 Å². The highest BCUT2D eigenvalue weighted by atomic mass is 16.3. The van der Waals surface area contributed by atoms with Crippen molar-refractivity contribution in [2.75, 3.05) is 26.7 Å². The quantitative estimate of drug-likeness (QED) is 0.596. The van der Waals surface area contributed by atoms with Gasteiger partial charge < -0.3 is 19.9 Å². The molecule has 1 aromatic heterocycles. The zero-order chi connectivity index (χ0) is 15.9. The molecule has 0 radical (unpaired) electrons. The van der Waals surface area contributed by atoms with Gasteiger partial charge >= 0.3 is 0 Å². The average Bonchev–Trinajstić information content (AvgIpc) is 2.88. The smallest absolute Gasteiger partial charge is 0.194 e. The Bertz CT molecular complexity index is 449. The summed E-state index contributed by atoms with van der Waals surface area (Å²) in [6.07, 6.45) is 2.96. The molecule has 120 valence electrons. The summed E-state index contributed by atoms with van der Waals surface area (Å²) < 4.78 is 2.12. The first-order valence-corrected chi connectivity index (χ1v) is 7.66. The third-order valence-electron chi connectivity index (χ3n) is 3.99. The predicted octanol–water partition coefficient (Wildman–Crippen LogP) is 1.83. The largest absolute Gasteiger partial charge is 0.396 e. The third-order valence-corrected chi connectivity index (χ3v) is 3.99. The van der Waals surface area contributed by atoms with Crippen LogP contribution in [-0.2, 0) is 13.6 Å². The Balaban J connectivity index is 2.77. The molecule has 1 unspecified atom stereocenters. The number of nitrogens with one attached hydrogen (secondary N) is 1. The van der Waals surface area contributed by atoms with Gasteiger partial charge in [0.1, 0.15) is 0 Å². The summed E-state index contributed by atoms with van der Waals surface area (Å²) in [4.78, 5) is 6.82. The molecule has 0 aliphatic rings. The summed E-state index contributed by atoms with van der Waals surface area (Å²) in [5.74, 6) is 0.881. The van der Waals surface area contributed by atoms with Crippen LogP contribution in [0, 0.1) is 5.41 Å². The van der Waals surface area contributed by atoms with Gasteiger partial charge in [0, 0.05) is 37.9 Å². The summed E-state index contributed by atoms with van der Waals surface area (Å²) in [6, 6.07) is 4.16. The minimum atomic E-state index is -0.146. The highest BCUT2D eigenvalue weighted by molar-refractivity contribution is 5.79. The summed E-state index contributed by atoms with van der Waals surface area (Å²) in [5, 5.41) is 12.8. The van der Waals surface area contributed by atoms with Gasteiger partial charge in [-0.3, -0.25) is 4.99 Å². The number of hydrogen-bond acceptors (Lipinski definition) is 2. The van der Waals surface area contributed by atoms with Gasteiger partial charge in [-0.1, -0.05) is 13.8 Å². The molecular weight excluding hydrogens is 264 g/mol. The van der Waals surface area contributed by atoms with Crippen molar-refractivity contribution in [1.82, 2.24) is 14.8 Å². The van der Waals surface area contributed by atoms with Crippen molar-refractivity contribution in [3.8, 4) is 0 Å². The molecule has 0 bridgehead atoms. The van der Waals surface area contributed by atoms with Gasteiger partial charge in [-0.2, -0.15) is 0 Å². The molecule has 0 saturated heterocycles. The lowest BCUT2D eigenvalue weighted by molar-refractivity contribution is 0.145. The van der Waals surface area contributed by atoms with Gasteiger partial charge in [0.05, 0.1) is 19.7 Å². The van der Waals surface area contributed by atoms with Crippen LogP contribution in [0.15, 0.2) is 23.3 Å². The minimum Gasteiger partial charge on any atom is -0.396 e. The molecule has 0 aliphatic heterocycles. The second kappa shape index (κ2) is 8.08. The number of rotatable bonds is 7. The molecule has 0 aliphatic carbocycles. The van der Waals surface area contributed by atoms with Crippen molar-refractivity contribution in [2.24, 2.45) is 17.5 Å². The number of aromatic nitrogens is 1. The fourth-order valence-corrected chi connectivity index (χ4v) is 1.99. The Kier molecular flexibility index (Phi) is 6.75. The summed E-state index contributed by atoms with van der Waals surface area (Å²) >= 11 is 0.